The van der Waals surface area contributed by atoms with Crippen molar-refractivity contribution in [3.8, 4) is 0 Å². The molecule has 0 saturated carbocycles. The number of carboxylic acids is 1. The number of hydrogen-bond acceptors (Lipinski definition) is 1. The predicted molar refractivity (Wildman–Crippen MR) is 49.6 cm³/mol. The zero-order valence-electron chi connectivity index (χ0n) is 7.36. The van der Waals surface area contributed by atoms with Gasteiger partial charge in [-0.05, 0) is 30.4 Å². The molecule has 1 aliphatic carbocycles. The van der Waals surface area contributed by atoms with Crippen molar-refractivity contribution in [3.05, 3.63) is 35.4 Å². The van der Waals surface area contributed by atoms with E-state index < -0.39 is 5.97 Å². The fraction of sp³-hybridized carbons (Fsp3) is 0.364. The molecule has 2 heteroatoms. The smallest absolute Gasteiger partial charge is 0.306 e. The zero-order valence-corrected chi connectivity index (χ0v) is 7.36. The molecule has 0 unspecified atom stereocenters. The first-order chi connectivity index (χ1) is 6.27. The number of hydrogen-bond donors (Lipinski definition) is 1. The monoisotopic (exact) mass is 176 g/mol. The molecule has 0 aliphatic heterocycles. The Morgan fingerprint density at radius 1 is 1.31 bits per heavy atom. The van der Waals surface area contributed by atoms with Gasteiger partial charge in [-0.25, -0.2) is 0 Å². The third-order valence-corrected chi connectivity index (χ3v) is 2.70. The maximum atomic E-state index is 10.8. The maximum Gasteiger partial charge on any atom is 0.306 e. The second-order valence-corrected chi connectivity index (χ2v) is 3.55. The van der Waals surface area contributed by atoms with Gasteiger partial charge in [0, 0.05) is 0 Å². The Bertz CT molecular complexity index is 331. The molecule has 0 heterocycles. The Balaban J connectivity index is 2.24. The summed E-state index contributed by atoms with van der Waals surface area (Å²) in [5, 5.41) is 8.86. The van der Waals surface area contributed by atoms with Crippen LogP contribution in [0.5, 0.6) is 0 Å². The highest BCUT2D eigenvalue weighted by Crippen LogP contribution is 2.25. The summed E-state index contributed by atoms with van der Waals surface area (Å²) in [4.78, 5) is 10.8. The van der Waals surface area contributed by atoms with Crippen LogP contribution >= 0.6 is 0 Å². The lowest BCUT2D eigenvalue weighted by molar-refractivity contribution is -0.142. The summed E-state index contributed by atoms with van der Waals surface area (Å²) in [6.07, 6.45) is 2.39. The quantitative estimate of drug-likeness (QED) is 0.709. The molecule has 0 aromatic heterocycles. The molecule has 13 heavy (non-hydrogen) atoms. The van der Waals surface area contributed by atoms with Crippen LogP contribution in [-0.2, 0) is 17.6 Å². The van der Waals surface area contributed by atoms with Gasteiger partial charge in [0.2, 0.25) is 0 Å². The molecule has 0 amide bonds. The third-order valence-electron chi connectivity index (χ3n) is 2.70. The van der Waals surface area contributed by atoms with Crippen molar-refractivity contribution >= 4 is 5.97 Å². The lowest BCUT2D eigenvalue weighted by atomic mass is 9.84. The minimum absolute atomic E-state index is 0.171. The van der Waals surface area contributed by atoms with Crippen LogP contribution in [0.25, 0.3) is 0 Å². The van der Waals surface area contributed by atoms with Crippen LogP contribution in [-0.4, -0.2) is 11.1 Å². The van der Waals surface area contributed by atoms with E-state index in [1.807, 2.05) is 18.2 Å². The van der Waals surface area contributed by atoms with E-state index in [2.05, 4.69) is 6.07 Å². The molecule has 2 rings (SSSR count). The van der Waals surface area contributed by atoms with E-state index in [4.69, 9.17) is 5.11 Å². The zero-order chi connectivity index (χ0) is 9.26. The van der Waals surface area contributed by atoms with Crippen molar-refractivity contribution in [1.82, 2.24) is 0 Å². The SMILES string of the molecule is O=C(O)[C@H]1CCc2ccccc2C1. The minimum Gasteiger partial charge on any atom is -0.481 e. The highest BCUT2D eigenvalue weighted by atomic mass is 16.4. The van der Waals surface area contributed by atoms with Crippen molar-refractivity contribution < 1.29 is 9.90 Å². The van der Waals surface area contributed by atoms with E-state index >= 15 is 0 Å². The van der Waals surface area contributed by atoms with Crippen LogP contribution < -0.4 is 0 Å². The molecule has 2 nitrogen and oxygen atoms in total. The van der Waals surface area contributed by atoms with Crippen LogP contribution in [0.4, 0.5) is 0 Å². The van der Waals surface area contributed by atoms with Gasteiger partial charge < -0.3 is 5.11 Å². The summed E-state index contributed by atoms with van der Waals surface area (Å²) in [6, 6.07) is 8.11. The molecular weight excluding hydrogens is 164 g/mol. The molecule has 0 saturated heterocycles. The maximum absolute atomic E-state index is 10.8. The van der Waals surface area contributed by atoms with Gasteiger partial charge >= 0.3 is 5.97 Å². The Morgan fingerprint density at radius 3 is 2.69 bits per heavy atom. The Morgan fingerprint density at radius 2 is 2.00 bits per heavy atom. The topological polar surface area (TPSA) is 37.3 Å². The molecule has 68 valence electrons. The molecule has 0 radical (unpaired) electrons. The van der Waals surface area contributed by atoms with Gasteiger partial charge in [-0.3, -0.25) is 4.79 Å². The number of carboxylic acid groups (broad SMARTS) is 1. The minimum atomic E-state index is -0.658. The van der Waals surface area contributed by atoms with E-state index in [9.17, 15) is 4.79 Å². The molecule has 0 spiro atoms. The van der Waals surface area contributed by atoms with Crippen LogP contribution in [0.1, 0.15) is 17.5 Å². The van der Waals surface area contributed by atoms with E-state index in [0.29, 0.717) is 6.42 Å². The Hall–Kier alpha value is -1.31. The Labute approximate surface area is 77.2 Å². The second-order valence-electron chi connectivity index (χ2n) is 3.55. The van der Waals surface area contributed by atoms with Gasteiger partial charge in [0.05, 0.1) is 5.92 Å². The van der Waals surface area contributed by atoms with Crippen LogP contribution in [0.3, 0.4) is 0 Å². The van der Waals surface area contributed by atoms with Gasteiger partial charge in [0.15, 0.2) is 0 Å². The summed E-state index contributed by atoms with van der Waals surface area (Å²) in [5.74, 6) is -0.829. The highest BCUT2D eigenvalue weighted by Gasteiger charge is 2.23. The second kappa shape index (κ2) is 3.21. The number of rotatable bonds is 1. The lowest BCUT2D eigenvalue weighted by Gasteiger charge is -2.20. The van der Waals surface area contributed by atoms with Gasteiger partial charge in [0.1, 0.15) is 0 Å². The lowest BCUT2D eigenvalue weighted by Crippen LogP contribution is -2.21. The fourth-order valence-electron chi connectivity index (χ4n) is 1.91. The van der Waals surface area contributed by atoms with E-state index in [-0.39, 0.29) is 5.92 Å². The van der Waals surface area contributed by atoms with Crippen LogP contribution in [0, 0.1) is 5.92 Å². The summed E-state index contributed by atoms with van der Waals surface area (Å²) in [7, 11) is 0. The van der Waals surface area contributed by atoms with E-state index in [1.54, 1.807) is 0 Å². The fourth-order valence-corrected chi connectivity index (χ4v) is 1.91. The van der Waals surface area contributed by atoms with E-state index in [0.717, 1.165) is 12.8 Å². The number of fused-ring (bicyclic) bond motifs is 1. The molecule has 1 aliphatic rings. The van der Waals surface area contributed by atoms with Gasteiger partial charge in [-0.1, -0.05) is 24.3 Å². The normalized spacial score (nSPS) is 20.8. The molecular formula is C11H12O2. The van der Waals surface area contributed by atoms with Crippen molar-refractivity contribution in [1.29, 1.82) is 0 Å². The average molecular weight is 176 g/mol. The molecule has 1 atom stereocenters. The van der Waals surface area contributed by atoms with Gasteiger partial charge in [0.25, 0.3) is 0 Å². The average Bonchev–Trinajstić information content (AvgIpc) is 2.17. The van der Waals surface area contributed by atoms with E-state index in [1.165, 1.54) is 11.1 Å². The summed E-state index contributed by atoms with van der Waals surface area (Å²) in [6.45, 7) is 0. The summed E-state index contributed by atoms with van der Waals surface area (Å²) in [5.41, 5.74) is 2.53. The van der Waals surface area contributed by atoms with Crippen molar-refractivity contribution in [2.75, 3.05) is 0 Å². The molecule has 1 aromatic rings. The summed E-state index contributed by atoms with van der Waals surface area (Å²) >= 11 is 0. The van der Waals surface area contributed by atoms with Crippen LogP contribution in [0.2, 0.25) is 0 Å². The first kappa shape index (κ1) is 8.30. The Kier molecular flexibility index (Phi) is 2.05. The standard InChI is InChI=1S/C11H12O2/c12-11(13)10-6-5-8-3-1-2-4-9(8)7-10/h1-4,10H,5-7H2,(H,12,13)/t10-/m0/s1. The van der Waals surface area contributed by atoms with Crippen molar-refractivity contribution in [2.45, 2.75) is 19.3 Å². The number of aliphatic carboxylic acids is 1. The number of carbonyl (C=O) groups is 1. The van der Waals surface area contributed by atoms with Gasteiger partial charge in [-0.15, -0.1) is 0 Å². The number of benzene rings is 1. The molecule has 1 aromatic carbocycles. The first-order valence-corrected chi connectivity index (χ1v) is 4.57. The van der Waals surface area contributed by atoms with Crippen molar-refractivity contribution in [2.24, 2.45) is 5.92 Å². The molecule has 0 fully saturated rings. The number of aryl methyl sites for hydroxylation is 1. The largest absolute Gasteiger partial charge is 0.481 e. The van der Waals surface area contributed by atoms with Crippen molar-refractivity contribution in [3.63, 3.8) is 0 Å². The molecule has 1 N–H and O–H groups in total. The van der Waals surface area contributed by atoms with Gasteiger partial charge in [-0.2, -0.15) is 0 Å². The third kappa shape index (κ3) is 1.57. The molecule has 0 bridgehead atoms. The summed E-state index contributed by atoms with van der Waals surface area (Å²) < 4.78 is 0. The predicted octanol–water partition coefficient (Wildman–Crippen LogP) is 1.88. The first-order valence-electron chi connectivity index (χ1n) is 4.57. The highest BCUT2D eigenvalue weighted by molar-refractivity contribution is 5.71. The van der Waals surface area contributed by atoms with Crippen LogP contribution in [0.15, 0.2) is 24.3 Å².